The minimum Gasteiger partial charge on any atom is -0.273 e. The van der Waals surface area contributed by atoms with Gasteiger partial charge < -0.3 is 0 Å². The maximum Gasteiger partial charge on any atom is 0.243 e. The number of aryl methyl sites for hydroxylation is 2. The summed E-state index contributed by atoms with van der Waals surface area (Å²) in [5.74, 6) is -0.554. The summed E-state index contributed by atoms with van der Waals surface area (Å²) in [4.78, 5) is 12.1. The lowest BCUT2D eigenvalue weighted by molar-refractivity contribution is -0.122. The molecule has 2 aromatic rings. The largest absolute Gasteiger partial charge is 0.273 e. The molecule has 1 saturated carbocycles. The highest BCUT2D eigenvalue weighted by molar-refractivity contribution is 6.30. The lowest BCUT2D eigenvalue weighted by Gasteiger charge is -2.00. The van der Waals surface area contributed by atoms with Gasteiger partial charge in [0.15, 0.2) is 0 Å². The molecular formula is C16H16ClFN4O. The summed E-state index contributed by atoms with van der Waals surface area (Å²) < 4.78 is 14.9. The van der Waals surface area contributed by atoms with Crippen molar-refractivity contribution in [3.63, 3.8) is 0 Å². The fourth-order valence-electron chi connectivity index (χ4n) is 2.60. The Hall–Kier alpha value is -2.21. The smallest absolute Gasteiger partial charge is 0.243 e. The number of halogens is 2. The zero-order valence-corrected chi connectivity index (χ0v) is 13.5. The summed E-state index contributed by atoms with van der Waals surface area (Å²) in [6.07, 6.45) is 2.07. The van der Waals surface area contributed by atoms with Crippen LogP contribution in [0.2, 0.25) is 5.02 Å². The third kappa shape index (κ3) is 3.27. The number of hydrazone groups is 1. The van der Waals surface area contributed by atoms with Gasteiger partial charge in [0.2, 0.25) is 11.9 Å². The van der Waals surface area contributed by atoms with Crippen LogP contribution >= 0.6 is 11.6 Å². The third-order valence-corrected chi connectivity index (χ3v) is 4.24. The van der Waals surface area contributed by atoms with Gasteiger partial charge >= 0.3 is 0 Å². The van der Waals surface area contributed by atoms with Crippen LogP contribution in [0.3, 0.4) is 0 Å². The van der Waals surface area contributed by atoms with E-state index in [0.717, 1.165) is 16.7 Å². The van der Waals surface area contributed by atoms with E-state index in [0.29, 0.717) is 10.7 Å². The maximum atomic E-state index is 13.7. The topological polar surface area (TPSA) is 59.3 Å². The van der Waals surface area contributed by atoms with Crippen molar-refractivity contribution in [1.29, 1.82) is 0 Å². The van der Waals surface area contributed by atoms with E-state index in [-0.39, 0.29) is 23.3 Å². The SMILES string of the molecule is Cc1nn(C)c(F)c1/C=N\NC(=O)[C@H]1C[C@H]1c1ccc(Cl)cc1. The first-order chi connectivity index (χ1) is 11.0. The number of benzene rings is 1. The summed E-state index contributed by atoms with van der Waals surface area (Å²) in [5, 5.41) is 8.46. The molecule has 0 bridgehead atoms. The summed E-state index contributed by atoms with van der Waals surface area (Å²) in [6.45, 7) is 1.68. The Morgan fingerprint density at radius 1 is 1.48 bits per heavy atom. The van der Waals surface area contributed by atoms with Crippen LogP contribution in [0.25, 0.3) is 0 Å². The van der Waals surface area contributed by atoms with E-state index in [9.17, 15) is 9.18 Å². The molecule has 0 aliphatic heterocycles. The highest BCUT2D eigenvalue weighted by Crippen LogP contribution is 2.47. The normalized spacial score (nSPS) is 20.0. The molecule has 5 nitrogen and oxygen atoms in total. The average molecular weight is 335 g/mol. The number of nitrogens with zero attached hydrogens (tertiary/aromatic N) is 3. The first kappa shape index (κ1) is 15.7. The van der Waals surface area contributed by atoms with Gasteiger partial charge in [-0.1, -0.05) is 23.7 Å². The molecule has 1 N–H and O–H groups in total. The Bertz CT molecular complexity index is 769. The second kappa shape index (κ2) is 6.12. The predicted octanol–water partition coefficient (Wildman–Crippen LogP) is 2.77. The summed E-state index contributed by atoms with van der Waals surface area (Å²) in [5.41, 5.74) is 4.36. The van der Waals surface area contributed by atoms with Gasteiger partial charge in [-0.15, -0.1) is 0 Å². The lowest BCUT2D eigenvalue weighted by atomic mass is 10.1. The van der Waals surface area contributed by atoms with Crippen molar-refractivity contribution in [2.24, 2.45) is 18.1 Å². The van der Waals surface area contributed by atoms with Crippen molar-refractivity contribution in [1.82, 2.24) is 15.2 Å². The molecule has 7 heteroatoms. The molecule has 0 unspecified atom stereocenters. The Balaban J connectivity index is 1.58. The molecule has 3 rings (SSSR count). The molecular weight excluding hydrogens is 319 g/mol. The van der Waals surface area contributed by atoms with Crippen LogP contribution in [-0.2, 0) is 11.8 Å². The van der Waals surface area contributed by atoms with Crippen molar-refractivity contribution < 1.29 is 9.18 Å². The second-order valence-electron chi connectivity index (χ2n) is 5.65. The van der Waals surface area contributed by atoms with Crippen LogP contribution in [-0.4, -0.2) is 21.9 Å². The minimum atomic E-state index is -0.481. The molecule has 1 aliphatic carbocycles. The van der Waals surface area contributed by atoms with E-state index in [2.05, 4.69) is 15.6 Å². The molecule has 1 aromatic carbocycles. The number of hydrogen-bond acceptors (Lipinski definition) is 3. The van der Waals surface area contributed by atoms with Crippen molar-refractivity contribution in [2.75, 3.05) is 0 Å². The molecule has 0 saturated heterocycles. The van der Waals surface area contributed by atoms with E-state index < -0.39 is 5.95 Å². The van der Waals surface area contributed by atoms with E-state index in [4.69, 9.17) is 11.6 Å². The first-order valence-electron chi connectivity index (χ1n) is 7.25. The number of rotatable bonds is 4. The highest BCUT2D eigenvalue weighted by Gasteiger charge is 2.43. The molecule has 1 aromatic heterocycles. The van der Waals surface area contributed by atoms with Crippen molar-refractivity contribution in [3.8, 4) is 0 Å². The Morgan fingerprint density at radius 2 is 2.17 bits per heavy atom. The molecule has 120 valence electrons. The standard InChI is InChI=1S/C16H16ClFN4O/c1-9-14(15(18)22(2)21-9)8-19-20-16(23)13-7-12(13)10-3-5-11(17)6-4-10/h3-6,8,12-13H,7H2,1-2H3,(H,20,23)/b19-8-/t12-,13-/m0/s1. The Labute approximate surface area is 138 Å². The Morgan fingerprint density at radius 3 is 2.78 bits per heavy atom. The monoisotopic (exact) mass is 334 g/mol. The maximum absolute atomic E-state index is 13.7. The highest BCUT2D eigenvalue weighted by atomic mass is 35.5. The fraction of sp³-hybridized carbons (Fsp3) is 0.312. The second-order valence-corrected chi connectivity index (χ2v) is 6.08. The number of aromatic nitrogens is 2. The number of carbonyl (C=O) groups is 1. The van der Waals surface area contributed by atoms with Crippen LogP contribution in [0.1, 0.15) is 29.2 Å². The lowest BCUT2D eigenvalue weighted by Crippen LogP contribution is -2.20. The quantitative estimate of drug-likeness (QED) is 0.690. The minimum absolute atomic E-state index is 0.104. The summed E-state index contributed by atoms with van der Waals surface area (Å²) in [7, 11) is 1.51. The molecule has 1 fully saturated rings. The van der Waals surface area contributed by atoms with Gasteiger partial charge in [0, 0.05) is 18.0 Å². The number of carbonyl (C=O) groups excluding carboxylic acids is 1. The van der Waals surface area contributed by atoms with Crippen LogP contribution in [0.5, 0.6) is 0 Å². The van der Waals surface area contributed by atoms with Gasteiger partial charge in [-0.2, -0.15) is 14.6 Å². The molecule has 1 heterocycles. The number of nitrogens with one attached hydrogen (secondary N) is 1. The zero-order valence-electron chi connectivity index (χ0n) is 12.8. The van der Waals surface area contributed by atoms with E-state index in [1.54, 1.807) is 6.92 Å². The van der Waals surface area contributed by atoms with Crippen molar-refractivity contribution in [2.45, 2.75) is 19.3 Å². The number of hydrogen-bond donors (Lipinski definition) is 1. The Kier molecular flexibility index (Phi) is 4.17. The van der Waals surface area contributed by atoms with Crippen molar-refractivity contribution >= 4 is 23.7 Å². The van der Waals surface area contributed by atoms with Gasteiger partial charge in [-0.05, 0) is 37.0 Å². The van der Waals surface area contributed by atoms with Crippen LogP contribution in [0.4, 0.5) is 4.39 Å². The number of amides is 1. The van der Waals surface area contributed by atoms with E-state index in [1.165, 1.54) is 13.3 Å². The molecule has 1 aliphatic rings. The van der Waals surface area contributed by atoms with Gasteiger partial charge in [0.25, 0.3) is 0 Å². The van der Waals surface area contributed by atoms with Crippen molar-refractivity contribution in [3.05, 3.63) is 52.1 Å². The predicted molar refractivity (Wildman–Crippen MR) is 85.9 cm³/mol. The summed E-state index contributed by atoms with van der Waals surface area (Å²) in [6, 6.07) is 7.49. The third-order valence-electron chi connectivity index (χ3n) is 3.99. The molecule has 2 atom stereocenters. The molecule has 23 heavy (non-hydrogen) atoms. The summed E-state index contributed by atoms with van der Waals surface area (Å²) >= 11 is 5.85. The van der Waals surface area contributed by atoms with Crippen LogP contribution in [0.15, 0.2) is 29.4 Å². The van der Waals surface area contributed by atoms with Gasteiger partial charge in [-0.3, -0.25) is 4.79 Å². The van der Waals surface area contributed by atoms with Gasteiger partial charge in [0.1, 0.15) is 0 Å². The molecule has 0 spiro atoms. The fourth-order valence-corrected chi connectivity index (χ4v) is 2.73. The molecule has 0 radical (unpaired) electrons. The molecule has 1 amide bonds. The van der Waals surface area contributed by atoms with Gasteiger partial charge in [0.05, 0.1) is 17.5 Å². The zero-order chi connectivity index (χ0) is 16.6. The first-order valence-corrected chi connectivity index (χ1v) is 7.62. The average Bonchev–Trinajstić information content (AvgIpc) is 3.27. The van der Waals surface area contributed by atoms with Crippen LogP contribution in [0, 0.1) is 18.8 Å². The van der Waals surface area contributed by atoms with Crippen LogP contribution < -0.4 is 5.43 Å². The van der Waals surface area contributed by atoms with E-state index in [1.807, 2.05) is 24.3 Å². The van der Waals surface area contributed by atoms with E-state index >= 15 is 0 Å². The van der Waals surface area contributed by atoms with Gasteiger partial charge in [-0.25, -0.2) is 10.1 Å².